The van der Waals surface area contributed by atoms with Crippen molar-refractivity contribution in [1.82, 2.24) is 0 Å². The second-order valence-electron chi connectivity index (χ2n) is 10.2. The highest BCUT2D eigenvalue weighted by Crippen LogP contribution is 2.65. The van der Waals surface area contributed by atoms with Crippen molar-refractivity contribution in [3.63, 3.8) is 0 Å². The molecule has 3 aromatic carbocycles. The van der Waals surface area contributed by atoms with Gasteiger partial charge in [0, 0.05) is 35.6 Å². The third kappa shape index (κ3) is 6.61. The van der Waals surface area contributed by atoms with Crippen LogP contribution in [-0.2, 0) is 23.8 Å². The Morgan fingerprint density at radius 1 is 0.889 bits per heavy atom. The summed E-state index contributed by atoms with van der Waals surface area (Å²) in [7, 11) is 0. The fourth-order valence-electron chi connectivity index (χ4n) is 4.96. The molecule has 45 heavy (non-hydrogen) atoms. The quantitative estimate of drug-likeness (QED) is 0.108. The standard InChI is InChI=1S/C31H18Cl3F6NO4/c32-20-6-5-16(41-29(44)27-26(30(27,33)34)14-3-8-22(36)19(10-14)31(38,39)40)12-17(20)23(42)11-15-4-7-21(35)18(28(15)37)13-24(43)25-2-1-9-45-25/h1-10,12,26-27H,11,13H2,(H,41,44)/t26-,27+/m0/s1. The number of amides is 1. The number of anilines is 1. The van der Waals surface area contributed by atoms with E-state index in [0.29, 0.717) is 12.1 Å². The van der Waals surface area contributed by atoms with Crippen molar-refractivity contribution in [1.29, 1.82) is 0 Å². The summed E-state index contributed by atoms with van der Waals surface area (Å²) in [6.07, 6.45) is -5.00. The molecule has 0 saturated heterocycles. The van der Waals surface area contributed by atoms with E-state index in [9.17, 15) is 36.3 Å². The molecule has 234 valence electrons. The zero-order valence-corrected chi connectivity index (χ0v) is 24.7. The van der Waals surface area contributed by atoms with Gasteiger partial charge in [0.25, 0.3) is 0 Å². The first-order chi connectivity index (χ1) is 21.1. The minimum absolute atomic E-state index is 0.0296. The van der Waals surface area contributed by atoms with Crippen LogP contribution in [-0.4, -0.2) is 21.8 Å². The number of halogens is 9. The number of nitrogens with one attached hydrogen (secondary N) is 1. The second kappa shape index (κ2) is 12.2. The predicted molar refractivity (Wildman–Crippen MR) is 153 cm³/mol. The normalized spacial score (nSPS) is 17.2. The molecular formula is C31H18Cl3F6NO4. The number of hydrogen-bond donors (Lipinski definition) is 1. The Labute approximate surface area is 266 Å². The lowest BCUT2D eigenvalue weighted by molar-refractivity contribution is -0.140. The lowest BCUT2D eigenvalue weighted by Gasteiger charge is -2.11. The van der Waals surface area contributed by atoms with Crippen LogP contribution in [0.5, 0.6) is 0 Å². The molecule has 1 saturated carbocycles. The van der Waals surface area contributed by atoms with Crippen molar-refractivity contribution in [3.05, 3.63) is 123 Å². The summed E-state index contributed by atoms with van der Waals surface area (Å²) >= 11 is 18.7. The number of benzene rings is 3. The molecule has 1 amide bonds. The van der Waals surface area contributed by atoms with E-state index in [-0.39, 0.29) is 33.2 Å². The molecule has 5 nitrogen and oxygen atoms in total. The van der Waals surface area contributed by atoms with Gasteiger partial charge in [-0.3, -0.25) is 14.4 Å². The van der Waals surface area contributed by atoms with Gasteiger partial charge >= 0.3 is 6.18 Å². The first-order valence-corrected chi connectivity index (χ1v) is 14.1. The lowest BCUT2D eigenvalue weighted by Crippen LogP contribution is -2.17. The van der Waals surface area contributed by atoms with Crippen LogP contribution in [0.25, 0.3) is 0 Å². The number of Topliss-reactive ketones (excluding diaryl/α,β-unsaturated/α-hetero) is 2. The summed E-state index contributed by atoms with van der Waals surface area (Å²) in [6, 6.07) is 10.7. The van der Waals surface area contributed by atoms with Gasteiger partial charge in [-0.15, -0.1) is 23.2 Å². The van der Waals surface area contributed by atoms with Crippen LogP contribution in [0.2, 0.25) is 5.02 Å². The van der Waals surface area contributed by atoms with E-state index in [1.165, 1.54) is 36.6 Å². The molecule has 1 heterocycles. The smallest absolute Gasteiger partial charge is 0.419 e. The minimum atomic E-state index is -4.99. The summed E-state index contributed by atoms with van der Waals surface area (Å²) in [5.41, 5.74) is -2.53. The lowest BCUT2D eigenvalue weighted by atomic mass is 9.97. The molecule has 4 aromatic rings. The summed E-state index contributed by atoms with van der Waals surface area (Å²) in [5.74, 6) is -8.23. The van der Waals surface area contributed by atoms with E-state index < -0.39 is 81.2 Å². The first kappa shape index (κ1) is 32.6. The molecule has 14 heteroatoms. The van der Waals surface area contributed by atoms with Crippen molar-refractivity contribution in [3.8, 4) is 0 Å². The topological polar surface area (TPSA) is 76.4 Å². The zero-order chi connectivity index (χ0) is 32.8. The fraction of sp³-hybridized carbons (Fsp3) is 0.194. The van der Waals surface area contributed by atoms with Crippen LogP contribution < -0.4 is 5.32 Å². The van der Waals surface area contributed by atoms with E-state index >= 15 is 4.39 Å². The molecule has 0 unspecified atom stereocenters. The van der Waals surface area contributed by atoms with Crippen LogP contribution in [0.1, 0.15) is 49.1 Å². The van der Waals surface area contributed by atoms with E-state index in [0.717, 1.165) is 18.2 Å². The summed E-state index contributed by atoms with van der Waals surface area (Å²) in [4.78, 5) is 38.6. The Hall–Kier alpha value is -3.80. The first-order valence-electron chi connectivity index (χ1n) is 13.0. The molecule has 2 atom stereocenters. The Morgan fingerprint density at radius 2 is 1.60 bits per heavy atom. The number of hydrogen-bond acceptors (Lipinski definition) is 4. The average Bonchev–Trinajstić information content (AvgIpc) is 3.27. The van der Waals surface area contributed by atoms with E-state index in [1.54, 1.807) is 0 Å². The number of ketones is 2. The van der Waals surface area contributed by atoms with Gasteiger partial charge < -0.3 is 9.73 Å². The monoisotopic (exact) mass is 687 g/mol. The van der Waals surface area contributed by atoms with Crippen LogP contribution in [0.4, 0.5) is 32.0 Å². The Morgan fingerprint density at radius 3 is 2.27 bits per heavy atom. The molecule has 1 aliphatic rings. The van der Waals surface area contributed by atoms with Crippen LogP contribution >= 0.6 is 34.8 Å². The summed E-state index contributed by atoms with van der Waals surface area (Å²) in [5, 5.41) is 2.42. The summed E-state index contributed by atoms with van der Waals surface area (Å²) in [6.45, 7) is 0. The van der Waals surface area contributed by atoms with E-state index in [1.807, 2.05) is 0 Å². The van der Waals surface area contributed by atoms with Crippen molar-refractivity contribution >= 4 is 58.0 Å². The second-order valence-corrected chi connectivity index (χ2v) is 12.1. The molecule has 0 radical (unpaired) electrons. The number of carbonyl (C=O) groups excluding carboxylic acids is 3. The highest BCUT2D eigenvalue weighted by Gasteiger charge is 2.67. The number of furan rings is 1. The van der Waals surface area contributed by atoms with Crippen molar-refractivity contribution in [2.45, 2.75) is 29.3 Å². The Balaban J connectivity index is 1.32. The maximum Gasteiger partial charge on any atom is 0.419 e. The van der Waals surface area contributed by atoms with Crippen molar-refractivity contribution < 1.29 is 45.1 Å². The maximum atomic E-state index is 15.2. The number of alkyl halides is 5. The van der Waals surface area contributed by atoms with Crippen molar-refractivity contribution in [2.75, 3.05) is 5.32 Å². The third-order valence-electron chi connectivity index (χ3n) is 7.28. The molecule has 1 aromatic heterocycles. The minimum Gasteiger partial charge on any atom is -0.461 e. The molecular weight excluding hydrogens is 671 g/mol. The summed E-state index contributed by atoms with van der Waals surface area (Å²) < 4.78 is 86.2. The van der Waals surface area contributed by atoms with Gasteiger partial charge in [0.15, 0.2) is 11.5 Å². The third-order valence-corrected chi connectivity index (χ3v) is 8.55. The van der Waals surface area contributed by atoms with Crippen LogP contribution in [0.3, 0.4) is 0 Å². The van der Waals surface area contributed by atoms with Crippen molar-refractivity contribution in [2.24, 2.45) is 5.92 Å². The SMILES string of the molecule is O=C(Cc1c(F)ccc(CC(=O)c2cc(NC(=O)[C@H]3[C@H](c4ccc(F)c(C(F)(F)F)c4)C3(Cl)Cl)ccc2Cl)c1F)c1ccco1. The van der Waals surface area contributed by atoms with E-state index in [2.05, 4.69) is 5.32 Å². The van der Waals surface area contributed by atoms with Gasteiger partial charge in [0.1, 0.15) is 21.8 Å². The number of rotatable bonds is 9. The zero-order valence-electron chi connectivity index (χ0n) is 22.5. The molecule has 0 spiro atoms. The Bertz CT molecular complexity index is 1820. The van der Waals surface area contributed by atoms with Gasteiger partial charge in [-0.25, -0.2) is 13.2 Å². The van der Waals surface area contributed by atoms with E-state index in [4.69, 9.17) is 39.2 Å². The molecule has 1 N–H and O–H groups in total. The van der Waals surface area contributed by atoms with Gasteiger partial charge in [-0.1, -0.05) is 23.7 Å². The predicted octanol–water partition coefficient (Wildman–Crippen LogP) is 8.75. The fourth-order valence-corrected chi connectivity index (χ4v) is 6.01. The van der Waals surface area contributed by atoms with Crippen LogP contribution in [0.15, 0.2) is 71.3 Å². The molecule has 0 bridgehead atoms. The highest BCUT2D eigenvalue weighted by molar-refractivity contribution is 6.53. The van der Waals surface area contributed by atoms with Gasteiger partial charge in [-0.2, -0.15) is 13.2 Å². The molecule has 1 fully saturated rings. The average molecular weight is 689 g/mol. The van der Waals surface area contributed by atoms with Gasteiger partial charge in [-0.05, 0) is 59.7 Å². The molecule has 5 rings (SSSR count). The molecule has 0 aliphatic heterocycles. The highest BCUT2D eigenvalue weighted by atomic mass is 35.5. The number of carbonyl (C=O) groups is 3. The molecule has 1 aliphatic carbocycles. The van der Waals surface area contributed by atoms with Gasteiger partial charge in [0.05, 0.1) is 22.8 Å². The van der Waals surface area contributed by atoms with Crippen LogP contribution in [0, 0.1) is 23.4 Å². The Kier molecular flexibility index (Phi) is 8.82. The maximum absolute atomic E-state index is 15.2. The largest absolute Gasteiger partial charge is 0.461 e. The van der Waals surface area contributed by atoms with Gasteiger partial charge in [0.2, 0.25) is 11.7 Å².